The summed E-state index contributed by atoms with van der Waals surface area (Å²) < 4.78 is 3.77. The number of rotatable bonds is 7. The van der Waals surface area contributed by atoms with Crippen LogP contribution in [0.4, 0.5) is 5.82 Å². The fourth-order valence-corrected chi connectivity index (χ4v) is 3.67. The van der Waals surface area contributed by atoms with Gasteiger partial charge in [-0.15, -0.1) is 10.2 Å². The van der Waals surface area contributed by atoms with Gasteiger partial charge in [-0.25, -0.2) is 4.68 Å². The van der Waals surface area contributed by atoms with Gasteiger partial charge in [-0.3, -0.25) is 4.79 Å². The molecule has 148 valence electrons. The first-order valence-corrected chi connectivity index (χ1v) is 10.3. The molecule has 0 aliphatic heterocycles. The van der Waals surface area contributed by atoms with Gasteiger partial charge < -0.3 is 9.88 Å². The average Bonchev–Trinajstić information content (AvgIpc) is 3.29. The predicted molar refractivity (Wildman–Crippen MR) is 112 cm³/mol. The number of aromatic nitrogens is 5. The van der Waals surface area contributed by atoms with Crippen molar-refractivity contribution in [2.24, 2.45) is 7.05 Å². The Balaban J connectivity index is 1.72. The van der Waals surface area contributed by atoms with E-state index in [-0.39, 0.29) is 17.2 Å². The molecule has 0 fully saturated rings. The van der Waals surface area contributed by atoms with Crippen LogP contribution in [0.2, 0.25) is 0 Å². The van der Waals surface area contributed by atoms with Crippen LogP contribution in [-0.2, 0) is 11.8 Å². The lowest BCUT2D eigenvalue weighted by Gasteiger charge is -2.16. The molecule has 2 heterocycles. The third-order valence-electron chi connectivity index (χ3n) is 4.80. The zero-order valence-electron chi connectivity index (χ0n) is 16.9. The van der Waals surface area contributed by atoms with Crippen LogP contribution in [-0.4, -0.2) is 35.7 Å². The number of benzene rings is 1. The van der Waals surface area contributed by atoms with Crippen LogP contribution in [0.15, 0.2) is 41.7 Å². The second kappa shape index (κ2) is 8.60. The molecule has 0 bridgehead atoms. The SMILES string of the molecule is CC[C@@H](C)n1nccc1NC(=O)[C@@H](C)Sc1nnc(-c2ccccc2C)n1C. The van der Waals surface area contributed by atoms with Gasteiger partial charge in [0.15, 0.2) is 11.0 Å². The number of hydrogen-bond acceptors (Lipinski definition) is 5. The maximum Gasteiger partial charge on any atom is 0.238 e. The first-order valence-electron chi connectivity index (χ1n) is 9.38. The highest BCUT2D eigenvalue weighted by atomic mass is 32.2. The van der Waals surface area contributed by atoms with E-state index in [4.69, 9.17) is 0 Å². The third-order valence-corrected chi connectivity index (χ3v) is 5.94. The number of aryl methyl sites for hydroxylation is 1. The van der Waals surface area contributed by atoms with E-state index in [0.29, 0.717) is 11.0 Å². The molecule has 1 N–H and O–H groups in total. The number of anilines is 1. The molecule has 2 atom stereocenters. The summed E-state index contributed by atoms with van der Waals surface area (Å²) in [4.78, 5) is 12.7. The lowest BCUT2D eigenvalue weighted by Crippen LogP contribution is -2.25. The fraction of sp³-hybridized carbons (Fsp3) is 0.400. The molecule has 7 nitrogen and oxygen atoms in total. The smallest absolute Gasteiger partial charge is 0.238 e. The topological polar surface area (TPSA) is 77.6 Å². The molecular weight excluding hydrogens is 372 g/mol. The molecule has 0 radical (unpaired) electrons. The molecular formula is C20H26N6OS. The van der Waals surface area contributed by atoms with Crippen molar-refractivity contribution in [1.29, 1.82) is 0 Å². The number of carbonyl (C=O) groups is 1. The Labute approximate surface area is 169 Å². The number of nitrogens with zero attached hydrogens (tertiary/aromatic N) is 5. The largest absolute Gasteiger partial charge is 0.310 e. The van der Waals surface area contributed by atoms with E-state index >= 15 is 0 Å². The number of amides is 1. The summed E-state index contributed by atoms with van der Waals surface area (Å²) in [6.07, 6.45) is 2.65. The van der Waals surface area contributed by atoms with E-state index < -0.39 is 0 Å². The van der Waals surface area contributed by atoms with Crippen LogP contribution in [0.5, 0.6) is 0 Å². The van der Waals surface area contributed by atoms with Crippen LogP contribution in [0.25, 0.3) is 11.4 Å². The van der Waals surface area contributed by atoms with Crippen molar-refractivity contribution in [2.45, 2.75) is 50.6 Å². The van der Waals surface area contributed by atoms with Gasteiger partial charge >= 0.3 is 0 Å². The fourth-order valence-electron chi connectivity index (χ4n) is 2.85. The molecule has 0 saturated carbocycles. The van der Waals surface area contributed by atoms with Gasteiger partial charge in [-0.05, 0) is 32.8 Å². The predicted octanol–water partition coefficient (Wildman–Crippen LogP) is 4.08. The van der Waals surface area contributed by atoms with Gasteiger partial charge in [0, 0.05) is 18.7 Å². The number of carbonyl (C=O) groups excluding carboxylic acids is 1. The normalized spacial score (nSPS) is 13.3. The van der Waals surface area contributed by atoms with Crippen molar-refractivity contribution in [1.82, 2.24) is 24.5 Å². The molecule has 3 aromatic rings. The van der Waals surface area contributed by atoms with Gasteiger partial charge in [0.25, 0.3) is 0 Å². The molecule has 2 aromatic heterocycles. The maximum atomic E-state index is 12.7. The van der Waals surface area contributed by atoms with Gasteiger partial charge in [0.05, 0.1) is 17.5 Å². The Bertz CT molecular complexity index is 963. The van der Waals surface area contributed by atoms with Crippen molar-refractivity contribution >= 4 is 23.5 Å². The van der Waals surface area contributed by atoms with E-state index in [9.17, 15) is 4.79 Å². The van der Waals surface area contributed by atoms with Gasteiger partial charge in [-0.2, -0.15) is 5.10 Å². The molecule has 0 unspecified atom stereocenters. The minimum absolute atomic E-state index is 0.0875. The first-order chi connectivity index (χ1) is 13.4. The third kappa shape index (κ3) is 4.11. The number of hydrogen-bond donors (Lipinski definition) is 1. The second-order valence-electron chi connectivity index (χ2n) is 6.85. The average molecular weight is 399 g/mol. The summed E-state index contributed by atoms with van der Waals surface area (Å²) in [5.41, 5.74) is 2.18. The summed E-state index contributed by atoms with van der Waals surface area (Å²) in [7, 11) is 1.92. The summed E-state index contributed by atoms with van der Waals surface area (Å²) in [6.45, 7) is 8.09. The van der Waals surface area contributed by atoms with Crippen LogP contribution >= 0.6 is 11.8 Å². The Morgan fingerprint density at radius 3 is 2.68 bits per heavy atom. The van der Waals surface area contributed by atoms with Crippen molar-refractivity contribution in [3.05, 3.63) is 42.1 Å². The quantitative estimate of drug-likeness (QED) is 0.607. The van der Waals surface area contributed by atoms with E-state index in [1.807, 2.05) is 60.5 Å². The molecule has 8 heteroatoms. The monoisotopic (exact) mass is 398 g/mol. The minimum atomic E-state index is -0.326. The van der Waals surface area contributed by atoms with Crippen LogP contribution in [0.3, 0.4) is 0 Å². The number of nitrogens with one attached hydrogen (secondary N) is 1. The molecule has 3 rings (SSSR count). The van der Waals surface area contributed by atoms with Crippen LogP contribution in [0.1, 0.15) is 38.8 Å². The van der Waals surface area contributed by atoms with Crippen LogP contribution < -0.4 is 5.32 Å². The lowest BCUT2D eigenvalue weighted by atomic mass is 10.1. The first kappa shape index (κ1) is 20.1. The zero-order chi connectivity index (χ0) is 20.3. The molecule has 0 aliphatic carbocycles. The maximum absolute atomic E-state index is 12.7. The zero-order valence-corrected chi connectivity index (χ0v) is 17.7. The van der Waals surface area contributed by atoms with Gasteiger partial charge in [-0.1, -0.05) is 43.0 Å². The summed E-state index contributed by atoms with van der Waals surface area (Å²) in [5, 5.41) is 16.3. The van der Waals surface area contributed by atoms with Crippen LogP contribution in [0, 0.1) is 6.92 Å². The Kier molecular flexibility index (Phi) is 6.18. The Morgan fingerprint density at radius 1 is 1.21 bits per heavy atom. The molecule has 0 saturated heterocycles. The van der Waals surface area contributed by atoms with Crippen molar-refractivity contribution in [2.75, 3.05) is 5.32 Å². The highest BCUT2D eigenvalue weighted by Gasteiger charge is 2.21. The summed E-state index contributed by atoms with van der Waals surface area (Å²) in [5.74, 6) is 1.42. The van der Waals surface area contributed by atoms with E-state index in [1.54, 1.807) is 6.20 Å². The number of thioether (sulfide) groups is 1. The van der Waals surface area contributed by atoms with Gasteiger partial charge in [0.1, 0.15) is 5.82 Å². The molecule has 1 amide bonds. The molecule has 0 spiro atoms. The molecule has 28 heavy (non-hydrogen) atoms. The van der Waals surface area contributed by atoms with Gasteiger partial charge in [0.2, 0.25) is 5.91 Å². The Hall–Kier alpha value is -2.61. The molecule has 1 aromatic carbocycles. The van der Waals surface area contributed by atoms with E-state index in [2.05, 4.69) is 34.5 Å². The van der Waals surface area contributed by atoms with Crippen molar-refractivity contribution in [3.8, 4) is 11.4 Å². The Morgan fingerprint density at radius 2 is 1.96 bits per heavy atom. The summed E-state index contributed by atoms with van der Waals surface area (Å²) in [6, 6.07) is 10.1. The standard InChI is InChI=1S/C20H26N6OS/c1-6-14(3)26-17(11-12-21-26)22-19(27)15(4)28-20-24-23-18(25(20)5)16-10-8-7-9-13(16)2/h7-12,14-15H,6H2,1-5H3,(H,22,27)/t14-,15-/m1/s1. The second-order valence-corrected chi connectivity index (χ2v) is 8.16. The van der Waals surface area contributed by atoms with Crippen molar-refractivity contribution in [3.63, 3.8) is 0 Å². The van der Waals surface area contributed by atoms with E-state index in [0.717, 1.165) is 23.4 Å². The lowest BCUT2D eigenvalue weighted by molar-refractivity contribution is -0.115. The molecule has 0 aliphatic rings. The summed E-state index contributed by atoms with van der Waals surface area (Å²) >= 11 is 1.39. The minimum Gasteiger partial charge on any atom is -0.310 e. The highest BCUT2D eigenvalue weighted by Crippen LogP contribution is 2.28. The van der Waals surface area contributed by atoms with E-state index in [1.165, 1.54) is 11.8 Å². The van der Waals surface area contributed by atoms with Crippen molar-refractivity contribution < 1.29 is 4.79 Å². The highest BCUT2D eigenvalue weighted by molar-refractivity contribution is 8.00.